The summed E-state index contributed by atoms with van der Waals surface area (Å²) in [5.74, 6) is 0.687. The Morgan fingerprint density at radius 2 is 2.00 bits per heavy atom. The van der Waals surface area contributed by atoms with Crippen LogP contribution in [0.4, 0.5) is 5.13 Å². The average Bonchev–Trinajstić information content (AvgIpc) is 3.08. The van der Waals surface area contributed by atoms with Gasteiger partial charge in [0.15, 0.2) is 0 Å². The van der Waals surface area contributed by atoms with Gasteiger partial charge in [0.05, 0.1) is 0 Å². The molecule has 2 fully saturated rings. The second-order valence-corrected chi connectivity index (χ2v) is 6.19. The quantitative estimate of drug-likeness (QED) is 0.922. The van der Waals surface area contributed by atoms with Gasteiger partial charge in [0.2, 0.25) is 5.13 Å². The van der Waals surface area contributed by atoms with E-state index in [2.05, 4.69) is 9.36 Å². The van der Waals surface area contributed by atoms with Crippen LogP contribution in [-0.2, 0) is 4.79 Å². The van der Waals surface area contributed by atoms with Gasteiger partial charge in [0.1, 0.15) is 11.9 Å². The molecule has 1 aromatic rings. The molecule has 2 aliphatic rings. The van der Waals surface area contributed by atoms with E-state index in [1.54, 1.807) is 0 Å². The second kappa shape index (κ2) is 5.45. The summed E-state index contributed by atoms with van der Waals surface area (Å²) < 4.78 is 4.47. The molecule has 6 heteroatoms. The highest BCUT2D eigenvalue weighted by atomic mass is 32.1. The molecule has 0 amide bonds. The van der Waals surface area contributed by atoms with Gasteiger partial charge >= 0.3 is 5.97 Å². The first-order chi connectivity index (χ1) is 9.25. The second-order valence-electron chi connectivity index (χ2n) is 5.46. The van der Waals surface area contributed by atoms with Crippen LogP contribution in [0.3, 0.4) is 0 Å². The number of nitrogens with zero attached hydrogens (tertiary/aromatic N) is 3. The fourth-order valence-corrected chi connectivity index (χ4v) is 3.94. The van der Waals surface area contributed by atoms with Gasteiger partial charge in [0, 0.05) is 24.0 Å². The van der Waals surface area contributed by atoms with Crippen LogP contribution in [0.5, 0.6) is 0 Å². The average molecular weight is 281 g/mol. The van der Waals surface area contributed by atoms with Crippen LogP contribution >= 0.6 is 11.5 Å². The number of hydrogen-bond donors (Lipinski definition) is 1. The predicted molar refractivity (Wildman–Crippen MR) is 73.7 cm³/mol. The maximum Gasteiger partial charge on any atom is 0.326 e. The Morgan fingerprint density at radius 3 is 2.74 bits per heavy atom. The Bertz CT molecular complexity index is 456. The van der Waals surface area contributed by atoms with Crippen molar-refractivity contribution >= 4 is 22.6 Å². The Balaban J connectivity index is 1.75. The van der Waals surface area contributed by atoms with Crippen molar-refractivity contribution in [3.05, 3.63) is 5.82 Å². The van der Waals surface area contributed by atoms with E-state index < -0.39 is 12.0 Å². The van der Waals surface area contributed by atoms with Crippen LogP contribution < -0.4 is 4.90 Å². The van der Waals surface area contributed by atoms with Crippen molar-refractivity contribution in [2.75, 3.05) is 11.4 Å². The van der Waals surface area contributed by atoms with Gasteiger partial charge in [-0.3, -0.25) is 0 Å². The molecule has 1 N–H and O–H groups in total. The molecule has 104 valence electrons. The molecule has 1 aromatic heterocycles. The summed E-state index contributed by atoms with van der Waals surface area (Å²) in [6, 6.07) is -0.410. The van der Waals surface area contributed by atoms with E-state index >= 15 is 0 Å². The van der Waals surface area contributed by atoms with Gasteiger partial charge in [-0.2, -0.15) is 4.37 Å². The Kier molecular flexibility index (Phi) is 3.68. The monoisotopic (exact) mass is 281 g/mol. The molecule has 5 nitrogen and oxygen atoms in total. The summed E-state index contributed by atoms with van der Waals surface area (Å²) in [5.41, 5.74) is 0. The largest absolute Gasteiger partial charge is 0.480 e. The van der Waals surface area contributed by atoms with Gasteiger partial charge in [-0.1, -0.05) is 19.3 Å². The molecule has 19 heavy (non-hydrogen) atoms. The first-order valence-corrected chi connectivity index (χ1v) is 7.86. The smallest absolute Gasteiger partial charge is 0.326 e. The standard InChI is InChI=1S/C13H19N3O2S/c17-12(18)10-7-4-8-16(10)13-14-11(15-19-13)9-5-2-1-3-6-9/h9-10H,1-8H2,(H,17,18)/t10-/m0/s1. The minimum absolute atomic E-state index is 0.410. The molecule has 1 saturated heterocycles. The topological polar surface area (TPSA) is 66.3 Å². The predicted octanol–water partition coefficient (Wildman–Crippen LogP) is 2.64. The third kappa shape index (κ3) is 2.59. The number of aromatic nitrogens is 2. The normalized spacial score (nSPS) is 24.8. The van der Waals surface area contributed by atoms with Gasteiger partial charge in [-0.25, -0.2) is 9.78 Å². The van der Waals surface area contributed by atoms with Gasteiger partial charge in [-0.05, 0) is 25.7 Å². The molecule has 0 aromatic carbocycles. The summed E-state index contributed by atoms with van der Waals surface area (Å²) >= 11 is 1.36. The van der Waals surface area contributed by atoms with Crippen molar-refractivity contribution in [1.82, 2.24) is 9.36 Å². The van der Waals surface area contributed by atoms with Gasteiger partial charge < -0.3 is 10.0 Å². The number of hydrogen-bond acceptors (Lipinski definition) is 5. The minimum atomic E-state index is -0.744. The minimum Gasteiger partial charge on any atom is -0.480 e. The number of aliphatic carboxylic acids is 1. The Hall–Kier alpha value is -1.17. The molecular formula is C13H19N3O2S. The van der Waals surface area contributed by atoms with Crippen LogP contribution in [-0.4, -0.2) is 33.0 Å². The maximum atomic E-state index is 11.2. The van der Waals surface area contributed by atoms with Gasteiger partial charge in [-0.15, -0.1) is 0 Å². The Morgan fingerprint density at radius 1 is 1.21 bits per heavy atom. The van der Waals surface area contributed by atoms with Crippen LogP contribution in [0, 0.1) is 0 Å². The van der Waals surface area contributed by atoms with Crippen molar-refractivity contribution in [2.45, 2.75) is 56.9 Å². The fourth-order valence-electron chi connectivity index (χ4n) is 3.12. The van der Waals surface area contributed by atoms with Crippen LogP contribution in [0.15, 0.2) is 0 Å². The SMILES string of the molecule is O=C(O)[C@@H]1CCCN1c1nc(C2CCCCC2)ns1. The summed E-state index contributed by atoms with van der Waals surface area (Å²) in [6.07, 6.45) is 7.85. The van der Waals surface area contributed by atoms with Crippen molar-refractivity contribution in [3.63, 3.8) is 0 Å². The number of carboxylic acid groups (broad SMARTS) is 1. The number of carboxylic acids is 1. The van der Waals surface area contributed by atoms with E-state index in [9.17, 15) is 9.90 Å². The third-order valence-electron chi connectivity index (χ3n) is 4.18. The zero-order valence-corrected chi connectivity index (χ0v) is 11.7. The highest BCUT2D eigenvalue weighted by Crippen LogP contribution is 2.34. The van der Waals surface area contributed by atoms with E-state index in [0.29, 0.717) is 12.3 Å². The lowest BCUT2D eigenvalue weighted by Gasteiger charge is -2.20. The zero-order valence-electron chi connectivity index (χ0n) is 10.9. The molecule has 2 heterocycles. The Labute approximate surface area is 116 Å². The lowest BCUT2D eigenvalue weighted by atomic mass is 9.89. The summed E-state index contributed by atoms with van der Waals surface area (Å²) in [7, 11) is 0. The van der Waals surface area contributed by atoms with Gasteiger partial charge in [0.25, 0.3) is 0 Å². The fraction of sp³-hybridized carbons (Fsp3) is 0.769. The molecule has 0 spiro atoms. The van der Waals surface area contributed by atoms with Crippen LogP contribution in [0.25, 0.3) is 0 Å². The molecule has 1 atom stereocenters. The van der Waals surface area contributed by atoms with E-state index in [-0.39, 0.29) is 0 Å². The highest BCUT2D eigenvalue weighted by molar-refractivity contribution is 7.09. The lowest BCUT2D eigenvalue weighted by molar-refractivity contribution is -0.138. The third-order valence-corrected chi connectivity index (χ3v) is 4.95. The zero-order chi connectivity index (χ0) is 13.2. The molecule has 1 saturated carbocycles. The molecule has 0 bridgehead atoms. The van der Waals surface area contributed by atoms with Crippen molar-refractivity contribution in [2.24, 2.45) is 0 Å². The molecule has 0 unspecified atom stereocenters. The van der Waals surface area contributed by atoms with Crippen molar-refractivity contribution < 1.29 is 9.90 Å². The lowest BCUT2D eigenvalue weighted by Crippen LogP contribution is -2.35. The van der Waals surface area contributed by atoms with E-state index in [1.165, 1.54) is 43.6 Å². The molecular weight excluding hydrogens is 262 g/mol. The maximum absolute atomic E-state index is 11.2. The van der Waals surface area contributed by atoms with Crippen LogP contribution in [0.2, 0.25) is 0 Å². The van der Waals surface area contributed by atoms with Crippen molar-refractivity contribution in [3.8, 4) is 0 Å². The number of anilines is 1. The van der Waals surface area contributed by atoms with E-state index in [0.717, 1.165) is 23.9 Å². The van der Waals surface area contributed by atoms with E-state index in [1.807, 2.05) is 4.90 Å². The first kappa shape index (κ1) is 12.8. The summed E-state index contributed by atoms with van der Waals surface area (Å²) in [5, 5.41) is 10.0. The molecule has 0 radical (unpaired) electrons. The van der Waals surface area contributed by atoms with E-state index in [4.69, 9.17) is 0 Å². The summed E-state index contributed by atoms with van der Waals surface area (Å²) in [4.78, 5) is 17.7. The van der Waals surface area contributed by atoms with Crippen LogP contribution in [0.1, 0.15) is 56.7 Å². The number of carbonyl (C=O) groups is 1. The number of rotatable bonds is 3. The molecule has 1 aliphatic carbocycles. The molecule has 1 aliphatic heterocycles. The molecule has 3 rings (SSSR count). The highest BCUT2D eigenvalue weighted by Gasteiger charge is 2.33. The van der Waals surface area contributed by atoms with Crippen molar-refractivity contribution in [1.29, 1.82) is 0 Å². The first-order valence-electron chi connectivity index (χ1n) is 7.09. The summed E-state index contributed by atoms with van der Waals surface area (Å²) in [6.45, 7) is 0.788.